The molecule has 3 N–H and O–H groups in total. The average molecular weight is 304 g/mol. The molecule has 0 saturated carbocycles. The largest absolute Gasteiger partial charge is 0.391 e. The van der Waals surface area contributed by atoms with E-state index < -0.39 is 17.9 Å². The van der Waals surface area contributed by atoms with E-state index in [0.29, 0.717) is 12.1 Å². The molecule has 2 aromatic rings. The molecule has 1 unspecified atom stereocenters. The molecule has 0 radical (unpaired) electrons. The third-order valence-electron chi connectivity index (χ3n) is 2.80. The van der Waals surface area contributed by atoms with Crippen LogP contribution in [0.25, 0.3) is 0 Å². The van der Waals surface area contributed by atoms with Gasteiger partial charge in [0.2, 0.25) is 0 Å². The zero-order chi connectivity index (χ0) is 15.1. The molecule has 0 spiro atoms. The smallest absolute Gasteiger partial charge is 0.313 e. The number of amides is 2. The first-order valence-electron chi connectivity index (χ1n) is 6.48. The van der Waals surface area contributed by atoms with Gasteiger partial charge in [0.05, 0.1) is 11.8 Å². The Labute approximate surface area is 126 Å². The Morgan fingerprint density at radius 2 is 1.90 bits per heavy atom. The lowest BCUT2D eigenvalue weighted by Gasteiger charge is -2.11. The maximum Gasteiger partial charge on any atom is 0.313 e. The van der Waals surface area contributed by atoms with Crippen molar-refractivity contribution in [3.05, 3.63) is 52.7 Å². The van der Waals surface area contributed by atoms with Gasteiger partial charge in [-0.2, -0.15) is 11.3 Å². The summed E-state index contributed by atoms with van der Waals surface area (Å²) in [5, 5.41) is 18.3. The fourth-order valence-corrected chi connectivity index (χ4v) is 2.36. The van der Waals surface area contributed by atoms with Crippen LogP contribution in [0.2, 0.25) is 0 Å². The quantitative estimate of drug-likeness (QED) is 0.731. The number of aliphatic hydroxyl groups is 1. The van der Waals surface area contributed by atoms with Gasteiger partial charge in [0.25, 0.3) is 0 Å². The number of benzene rings is 1. The molecule has 0 aliphatic rings. The molecule has 2 amide bonds. The highest BCUT2D eigenvalue weighted by atomic mass is 32.1. The van der Waals surface area contributed by atoms with Gasteiger partial charge >= 0.3 is 11.8 Å². The molecule has 6 heteroatoms. The van der Waals surface area contributed by atoms with Crippen molar-refractivity contribution in [1.82, 2.24) is 5.32 Å². The lowest BCUT2D eigenvalue weighted by atomic mass is 10.1. The van der Waals surface area contributed by atoms with Crippen LogP contribution >= 0.6 is 11.3 Å². The Balaban J connectivity index is 1.74. The van der Waals surface area contributed by atoms with E-state index in [9.17, 15) is 14.7 Å². The number of anilines is 1. The number of hydrogen-bond donors (Lipinski definition) is 3. The van der Waals surface area contributed by atoms with Crippen LogP contribution in [0.1, 0.15) is 5.56 Å². The Morgan fingerprint density at radius 1 is 1.14 bits per heavy atom. The SMILES string of the molecule is O=C(NCC(O)Cc1ccccc1)C(=O)Nc1ccsc1. The molecule has 110 valence electrons. The van der Waals surface area contributed by atoms with Crippen LogP contribution in [0.5, 0.6) is 0 Å². The normalized spacial score (nSPS) is 11.7. The van der Waals surface area contributed by atoms with Gasteiger partial charge in [-0.15, -0.1) is 0 Å². The summed E-state index contributed by atoms with van der Waals surface area (Å²) in [6.45, 7) is 0.0325. The standard InChI is InChI=1S/C15H16N2O3S/c18-13(8-11-4-2-1-3-5-11)9-16-14(19)15(20)17-12-6-7-21-10-12/h1-7,10,13,18H,8-9H2,(H,16,19)(H,17,20). The summed E-state index contributed by atoms with van der Waals surface area (Å²) in [6, 6.07) is 11.2. The van der Waals surface area contributed by atoms with Crippen molar-refractivity contribution < 1.29 is 14.7 Å². The second-order valence-electron chi connectivity index (χ2n) is 4.52. The fraction of sp³-hybridized carbons (Fsp3) is 0.200. The van der Waals surface area contributed by atoms with Crippen molar-refractivity contribution in [3.63, 3.8) is 0 Å². The third-order valence-corrected chi connectivity index (χ3v) is 3.48. The number of aliphatic hydroxyl groups excluding tert-OH is 1. The first-order valence-corrected chi connectivity index (χ1v) is 7.43. The van der Waals surface area contributed by atoms with Crippen molar-refractivity contribution in [2.75, 3.05) is 11.9 Å². The first kappa shape index (κ1) is 15.2. The minimum atomic E-state index is -0.756. The maximum atomic E-state index is 11.6. The number of carbonyl (C=O) groups is 2. The van der Waals surface area contributed by atoms with Gasteiger partial charge in [-0.3, -0.25) is 9.59 Å². The monoisotopic (exact) mass is 304 g/mol. The van der Waals surface area contributed by atoms with Crippen LogP contribution < -0.4 is 10.6 Å². The molecule has 0 bridgehead atoms. The van der Waals surface area contributed by atoms with Crippen LogP contribution in [0.15, 0.2) is 47.2 Å². The molecule has 1 atom stereocenters. The Kier molecular flexibility index (Phi) is 5.48. The summed E-state index contributed by atoms with van der Waals surface area (Å²) in [7, 11) is 0. The molecule has 0 saturated heterocycles. The minimum Gasteiger partial charge on any atom is -0.391 e. The topological polar surface area (TPSA) is 78.4 Å². The van der Waals surface area contributed by atoms with Gasteiger partial charge in [0.15, 0.2) is 0 Å². The predicted octanol–water partition coefficient (Wildman–Crippen LogP) is 1.41. The van der Waals surface area contributed by atoms with E-state index in [4.69, 9.17) is 0 Å². The highest BCUT2D eigenvalue weighted by Gasteiger charge is 2.15. The molecule has 1 aromatic heterocycles. The van der Waals surface area contributed by atoms with Gasteiger partial charge in [0.1, 0.15) is 0 Å². The van der Waals surface area contributed by atoms with E-state index >= 15 is 0 Å². The van der Waals surface area contributed by atoms with Gasteiger partial charge in [-0.1, -0.05) is 30.3 Å². The number of hydrogen-bond acceptors (Lipinski definition) is 4. The second kappa shape index (κ2) is 7.56. The van der Waals surface area contributed by atoms with E-state index in [-0.39, 0.29) is 6.54 Å². The van der Waals surface area contributed by atoms with Gasteiger partial charge < -0.3 is 15.7 Å². The lowest BCUT2D eigenvalue weighted by molar-refractivity contribution is -0.136. The summed E-state index contributed by atoms with van der Waals surface area (Å²) < 4.78 is 0. The molecule has 0 aliphatic heterocycles. The van der Waals surface area contributed by atoms with Crippen molar-refractivity contribution in [2.24, 2.45) is 0 Å². The lowest BCUT2D eigenvalue weighted by Crippen LogP contribution is -2.40. The Hall–Kier alpha value is -2.18. The minimum absolute atomic E-state index is 0.0325. The van der Waals surface area contributed by atoms with Gasteiger partial charge in [-0.25, -0.2) is 0 Å². The highest BCUT2D eigenvalue weighted by Crippen LogP contribution is 2.11. The second-order valence-corrected chi connectivity index (χ2v) is 5.30. The predicted molar refractivity (Wildman–Crippen MR) is 82.1 cm³/mol. The van der Waals surface area contributed by atoms with Crippen molar-refractivity contribution in [3.8, 4) is 0 Å². The molecule has 5 nitrogen and oxygen atoms in total. The molecule has 0 fully saturated rings. The van der Waals surface area contributed by atoms with E-state index in [1.54, 1.807) is 16.8 Å². The molecule has 0 aliphatic carbocycles. The van der Waals surface area contributed by atoms with Crippen molar-refractivity contribution >= 4 is 28.8 Å². The molecule has 2 rings (SSSR count). The van der Waals surface area contributed by atoms with Crippen molar-refractivity contribution in [2.45, 2.75) is 12.5 Å². The number of nitrogens with one attached hydrogen (secondary N) is 2. The zero-order valence-electron chi connectivity index (χ0n) is 11.3. The van der Waals surface area contributed by atoms with Crippen LogP contribution in [0, 0.1) is 0 Å². The van der Waals surface area contributed by atoms with Crippen LogP contribution in [-0.4, -0.2) is 29.6 Å². The number of thiophene rings is 1. The average Bonchev–Trinajstić information content (AvgIpc) is 2.98. The summed E-state index contributed by atoms with van der Waals surface area (Å²) >= 11 is 1.43. The van der Waals surface area contributed by atoms with Gasteiger partial charge in [0, 0.05) is 18.3 Å². The third kappa shape index (κ3) is 5.02. The van der Waals surface area contributed by atoms with Crippen LogP contribution in [0.4, 0.5) is 5.69 Å². The van der Waals surface area contributed by atoms with E-state index in [1.807, 2.05) is 30.3 Å². The molecule has 1 heterocycles. The molecular formula is C15H16N2O3S. The van der Waals surface area contributed by atoms with E-state index in [1.165, 1.54) is 11.3 Å². The maximum absolute atomic E-state index is 11.6. The van der Waals surface area contributed by atoms with Crippen LogP contribution in [-0.2, 0) is 16.0 Å². The zero-order valence-corrected chi connectivity index (χ0v) is 12.1. The summed E-state index contributed by atoms with van der Waals surface area (Å²) in [5.41, 5.74) is 1.56. The summed E-state index contributed by atoms with van der Waals surface area (Å²) in [5.74, 6) is -1.49. The highest BCUT2D eigenvalue weighted by molar-refractivity contribution is 7.08. The summed E-state index contributed by atoms with van der Waals surface area (Å²) in [6.07, 6.45) is -0.307. The number of rotatable bonds is 5. The molecule has 21 heavy (non-hydrogen) atoms. The van der Waals surface area contributed by atoms with Gasteiger partial charge in [-0.05, 0) is 17.0 Å². The Morgan fingerprint density at radius 3 is 2.57 bits per heavy atom. The Bertz CT molecular complexity index is 584. The number of carbonyl (C=O) groups excluding carboxylic acids is 2. The van der Waals surface area contributed by atoms with E-state index in [0.717, 1.165) is 5.56 Å². The molecule has 1 aromatic carbocycles. The summed E-state index contributed by atoms with van der Waals surface area (Å²) in [4.78, 5) is 23.2. The van der Waals surface area contributed by atoms with Crippen LogP contribution in [0.3, 0.4) is 0 Å². The first-order chi connectivity index (χ1) is 10.1. The fourth-order valence-electron chi connectivity index (χ4n) is 1.77. The van der Waals surface area contributed by atoms with E-state index in [2.05, 4.69) is 10.6 Å². The molecular weight excluding hydrogens is 288 g/mol. The van der Waals surface area contributed by atoms with Crippen molar-refractivity contribution in [1.29, 1.82) is 0 Å².